The Morgan fingerprint density at radius 2 is 1.47 bits per heavy atom. The number of aryl methyl sites for hydroxylation is 1. The van der Waals surface area contributed by atoms with Crippen LogP contribution in [-0.4, -0.2) is 35.8 Å². The highest BCUT2D eigenvalue weighted by Gasteiger charge is 2.18. The van der Waals surface area contributed by atoms with Crippen LogP contribution in [0.3, 0.4) is 0 Å². The smallest absolute Gasteiger partial charge is 0.373 e. The van der Waals surface area contributed by atoms with Crippen LogP contribution < -0.4 is 4.74 Å². The van der Waals surface area contributed by atoms with Gasteiger partial charge in [-0.2, -0.15) is 9.59 Å². The standard InChI is InChI=1S/C24H22N2O3.CO2/c1-4-13-6-8-19-15(10-13)17-12-18-16-11-14(24(27)29-5-2)7-9-20(16)26-22(18)23(28-3)21(17)25-19;2-1-3/h6-12,25-26H,4-5H2,1-3H3;. The van der Waals surface area contributed by atoms with Gasteiger partial charge in [0.05, 0.1) is 30.3 Å². The SMILES string of the molecule is CCOC(=O)c1ccc2[nH]c3c(OC)c4[nH]c5ccc(CC)cc5c4cc3c2c1.O=C=O. The summed E-state index contributed by atoms with van der Waals surface area (Å²) in [5.74, 6) is 0.470. The van der Waals surface area contributed by atoms with Crippen LogP contribution in [0.2, 0.25) is 0 Å². The summed E-state index contributed by atoms with van der Waals surface area (Å²) < 4.78 is 11.0. The molecule has 162 valence electrons. The highest BCUT2D eigenvalue weighted by atomic mass is 16.5. The second kappa shape index (κ2) is 8.57. The molecule has 7 nitrogen and oxygen atoms in total. The Kier molecular flexibility index (Phi) is 5.67. The van der Waals surface area contributed by atoms with E-state index in [2.05, 4.69) is 41.2 Å². The van der Waals surface area contributed by atoms with Crippen molar-refractivity contribution in [3.05, 3.63) is 53.6 Å². The van der Waals surface area contributed by atoms with Crippen LogP contribution in [0.25, 0.3) is 43.6 Å². The number of hydrogen-bond donors (Lipinski definition) is 2. The molecule has 0 unspecified atom stereocenters. The summed E-state index contributed by atoms with van der Waals surface area (Å²) in [6.07, 6.45) is 1.23. The van der Waals surface area contributed by atoms with Crippen molar-refractivity contribution in [1.82, 2.24) is 9.97 Å². The fourth-order valence-corrected chi connectivity index (χ4v) is 4.17. The number of aromatic amines is 2. The molecule has 0 aliphatic rings. The lowest BCUT2D eigenvalue weighted by atomic mass is 10.0. The molecule has 0 radical (unpaired) electrons. The molecule has 0 aliphatic heterocycles. The quantitative estimate of drug-likeness (QED) is 0.385. The molecule has 0 amide bonds. The molecule has 2 N–H and O–H groups in total. The largest absolute Gasteiger partial charge is 0.492 e. The second-order valence-corrected chi connectivity index (χ2v) is 7.30. The maximum Gasteiger partial charge on any atom is 0.373 e. The van der Waals surface area contributed by atoms with E-state index < -0.39 is 0 Å². The molecule has 0 aliphatic carbocycles. The number of ether oxygens (including phenoxy) is 2. The highest BCUT2D eigenvalue weighted by molar-refractivity contribution is 6.21. The molecule has 0 atom stereocenters. The molecule has 5 aromatic rings. The van der Waals surface area contributed by atoms with E-state index in [0.717, 1.165) is 50.4 Å². The third kappa shape index (κ3) is 3.39. The average molecular weight is 430 g/mol. The number of esters is 1. The first kappa shape index (κ1) is 21.2. The van der Waals surface area contributed by atoms with Crippen molar-refractivity contribution in [2.45, 2.75) is 20.3 Å². The van der Waals surface area contributed by atoms with Gasteiger partial charge in [-0.25, -0.2) is 4.79 Å². The molecule has 3 aromatic carbocycles. The molecule has 32 heavy (non-hydrogen) atoms. The van der Waals surface area contributed by atoms with Crippen LogP contribution in [0, 0.1) is 0 Å². The number of aromatic nitrogens is 2. The van der Waals surface area contributed by atoms with Crippen molar-refractivity contribution in [3.8, 4) is 5.75 Å². The van der Waals surface area contributed by atoms with Crippen molar-refractivity contribution >= 4 is 55.7 Å². The first-order valence-electron chi connectivity index (χ1n) is 10.3. The van der Waals surface area contributed by atoms with E-state index in [1.165, 1.54) is 10.9 Å². The summed E-state index contributed by atoms with van der Waals surface area (Å²) in [5.41, 5.74) is 5.77. The molecule has 0 bridgehead atoms. The van der Waals surface area contributed by atoms with Crippen LogP contribution in [0.1, 0.15) is 29.8 Å². The third-order valence-electron chi connectivity index (χ3n) is 5.61. The zero-order chi connectivity index (χ0) is 22.8. The minimum Gasteiger partial charge on any atom is -0.492 e. The molecule has 5 rings (SSSR count). The van der Waals surface area contributed by atoms with E-state index in [1.54, 1.807) is 13.2 Å². The predicted molar refractivity (Wildman–Crippen MR) is 122 cm³/mol. The number of hydrogen-bond acceptors (Lipinski definition) is 5. The maximum atomic E-state index is 12.2. The first-order valence-corrected chi connectivity index (χ1v) is 10.3. The van der Waals surface area contributed by atoms with Gasteiger partial charge in [-0.1, -0.05) is 13.0 Å². The van der Waals surface area contributed by atoms with E-state index in [0.29, 0.717) is 12.2 Å². The number of nitrogens with one attached hydrogen (secondary N) is 2. The normalized spacial score (nSPS) is 10.8. The molecule has 0 saturated carbocycles. The van der Waals surface area contributed by atoms with Crippen molar-refractivity contribution in [2.24, 2.45) is 0 Å². The van der Waals surface area contributed by atoms with Crippen molar-refractivity contribution < 1.29 is 23.9 Å². The number of H-pyrrole nitrogens is 2. The second-order valence-electron chi connectivity index (χ2n) is 7.30. The molecular formula is C25H22N2O5. The Hall–Kier alpha value is -4.09. The predicted octanol–water partition coefficient (Wildman–Crippen LogP) is 5.12. The number of carbonyl (C=O) groups is 1. The van der Waals surface area contributed by atoms with Crippen molar-refractivity contribution in [3.63, 3.8) is 0 Å². The van der Waals surface area contributed by atoms with E-state index in [9.17, 15) is 4.79 Å². The number of fused-ring (bicyclic) bond motifs is 6. The molecule has 2 aromatic heterocycles. The van der Waals surface area contributed by atoms with Gasteiger partial charge in [0.15, 0.2) is 5.75 Å². The van der Waals surface area contributed by atoms with Gasteiger partial charge in [-0.05, 0) is 55.3 Å². The summed E-state index contributed by atoms with van der Waals surface area (Å²) in [4.78, 5) is 35.4. The minimum absolute atomic E-state index is 0.250. The summed E-state index contributed by atoms with van der Waals surface area (Å²) >= 11 is 0. The van der Waals surface area contributed by atoms with Gasteiger partial charge in [0.2, 0.25) is 0 Å². The minimum atomic E-state index is -0.309. The summed E-state index contributed by atoms with van der Waals surface area (Å²) in [6, 6.07) is 14.3. The van der Waals surface area contributed by atoms with Crippen LogP contribution in [0.15, 0.2) is 42.5 Å². The van der Waals surface area contributed by atoms with Gasteiger partial charge in [-0.15, -0.1) is 0 Å². The number of methoxy groups -OCH3 is 1. The summed E-state index contributed by atoms with van der Waals surface area (Å²) in [7, 11) is 1.69. The van der Waals surface area contributed by atoms with E-state index in [4.69, 9.17) is 19.1 Å². The highest BCUT2D eigenvalue weighted by Crippen LogP contribution is 2.41. The summed E-state index contributed by atoms with van der Waals surface area (Å²) in [6.45, 7) is 4.32. The molecule has 0 fully saturated rings. The van der Waals surface area contributed by atoms with E-state index >= 15 is 0 Å². The summed E-state index contributed by atoms with van der Waals surface area (Å²) in [5, 5.41) is 4.29. The lowest BCUT2D eigenvalue weighted by molar-refractivity contribution is -0.191. The number of rotatable bonds is 4. The molecule has 0 saturated heterocycles. The van der Waals surface area contributed by atoms with Crippen LogP contribution >= 0.6 is 0 Å². The van der Waals surface area contributed by atoms with Gasteiger partial charge >= 0.3 is 12.1 Å². The van der Waals surface area contributed by atoms with Crippen molar-refractivity contribution in [1.29, 1.82) is 0 Å². The number of benzene rings is 3. The molecule has 2 heterocycles. The lowest BCUT2D eigenvalue weighted by Gasteiger charge is -2.04. The van der Waals surface area contributed by atoms with Gasteiger partial charge in [-0.3, -0.25) is 0 Å². The van der Waals surface area contributed by atoms with Crippen LogP contribution in [-0.2, 0) is 20.7 Å². The van der Waals surface area contributed by atoms with Crippen LogP contribution in [0.4, 0.5) is 0 Å². The average Bonchev–Trinajstić information content (AvgIpc) is 3.35. The zero-order valence-electron chi connectivity index (χ0n) is 18.0. The van der Waals surface area contributed by atoms with Gasteiger partial charge in [0.1, 0.15) is 0 Å². The Labute approximate surface area is 183 Å². The van der Waals surface area contributed by atoms with Gasteiger partial charge < -0.3 is 19.4 Å². The third-order valence-corrected chi connectivity index (χ3v) is 5.61. The Morgan fingerprint density at radius 1 is 0.875 bits per heavy atom. The lowest BCUT2D eigenvalue weighted by Crippen LogP contribution is -2.03. The topological polar surface area (TPSA) is 101 Å². The molecule has 0 spiro atoms. The first-order chi connectivity index (χ1) is 15.6. The Balaban J connectivity index is 0.000000775. The molecule has 7 heteroatoms. The van der Waals surface area contributed by atoms with E-state index in [-0.39, 0.29) is 12.1 Å². The Morgan fingerprint density at radius 3 is 2.03 bits per heavy atom. The zero-order valence-corrected chi connectivity index (χ0v) is 18.0. The molecular weight excluding hydrogens is 408 g/mol. The number of carbonyl (C=O) groups excluding carboxylic acids is 3. The Bertz CT molecular complexity index is 1500. The maximum absolute atomic E-state index is 12.2. The van der Waals surface area contributed by atoms with Gasteiger partial charge in [0, 0.05) is 32.6 Å². The van der Waals surface area contributed by atoms with E-state index in [1.807, 2.05) is 19.1 Å². The monoisotopic (exact) mass is 430 g/mol. The van der Waals surface area contributed by atoms with Crippen molar-refractivity contribution in [2.75, 3.05) is 13.7 Å². The van der Waals surface area contributed by atoms with Crippen LogP contribution in [0.5, 0.6) is 5.75 Å². The fraction of sp³-hybridized carbons (Fsp3) is 0.200. The fourth-order valence-electron chi connectivity index (χ4n) is 4.17. The van der Waals surface area contributed by atoms with Gasteiger partial charge in [0.25, 0.3) is 0 Å².